The maximum atomic E-state index is 14.6. The van der Waals surface area contributed by atoms with Gasteiger partial charge in [-0.25, -0.2) is 9.18 Å². The number of ether oxygens (including phenoxy) is 2. The van der Waals surface area contributed by atoms with Crippen LogP contribution in [0.4, 0.5) is 4.39 Å². The van der Waals surface area contributed by atoms with Crippen molar-refractivity contribution in [2.45, 2.75) is 45.7 Å². The second-order valence-corrected chi connectivity index (χ2v) is 6.24. The van der Waals surface area contributed by atoms with Crippen LogP contribution < -0.4 is 9.47 Å². The molecule has 0 N–H and O–H groups in total. The van der Waals surface area contributed by atoms with E-state index < -0.39 is 12.1 Å². The minimum absolute atomic E-state index is 0.0327. The fourth-order valence-corrected chi connectivity index (χ4v) is 2.68. The SMILES string of the molecule is CCCCCc1ccc(C(F)C(=O)Oc2cc(C=O)ccc2OCC)cc1. The van der Waals surface area contributed by atoms with E-state index >= 15 is 0 Å². The molecule has 1 atom stereocenters. The molecular weight excluding hydrogens is 347 g/mol. The third-order valence-corrected chi connectivity index (χ3v) is 4.16. The first-order valence-electron chi connectivity index (χ1n) is 9.25. The molecule has 0 aliphatic heterocycles. The number of aldehydes is 1. The summed E-state index contributed by atoms with van der Waals surface area (Å²) in [5.41, 5.74) is 1.67. The maximum Gasteiger partial charge on any atom is 0.350 e. The van der Waals surface area contributed by atoms with Crippen molar-refractivity contribution in [2.24, 2.45) is 0 Å². The van der Waals surface area contributed by atoms with Gasteiger partial charge in [0.25, 0.3) is 0 Å². The Morgan fingerprint density at radius 3 is 2.44 bits per heavy atom. The summed E-state index contributed by atoms with van der Waals surface area (Å²) in [6, 6.07) is 11.3. The Kier molecular flexibility index (Phi) is 7.99. The minimum atomic E-state index is -1.91. The minimum Gasteiger partial charge on any atom is -0.490 e. The normalized spacial score (nSPS) is 11.7. The van der Waals surface area contributed by atoms with Gasteiger partial charge in [-0.3, -0.25) is 4.79 Å². The predicted octanol–water partition coefficient (Wildman–Crippen LogP) is 5.25. The molecule has 5 heteroatoms. The number of aryl methyl sites for hydroxylation is 1. The smallest absolute Gasteiger partial charge is 0.350 e. The largest absolute Gasteiger partial charge is 0.490 e. The molecule has 0 bridgehead atoms. The number of halogens is 1. The lowest BCUT2D eigenvalue weighted by Gasteiger charge is -2.13. The van der Waals surface area contributed by atoms with E-state index in [9.17, 15) is 14.0 Å². The highest BCUT2D eigenvalue weighted by Crippen LogP contribution is 2.30. The maximum absolute atomic E-state index is 14.6. The fraction of sp³-hybridized carbons (Fsp3) is 0.364. The summed E-state index contributed by atoms with van der Waals surface area (Å²) < 4.78 is 25.1. The summed E-state index contributed by atoms with van der Waals surface area (Å²) in [6.45, 7) is 4.27. The van der Waals surface area contributed by atoms with Crippen molar-refractivity contribution in [3.05, 3.63) is 59.2 Å². The number of carbonyl (C=O) groups excluding carboxylic acids is 2. The van der Waals surface area contributed by atoms with Crippen LogP contribution in [0, 0.1) is 0 Å². The van der Waals surface area contributed by atoms with Crippen LogP contribution in [0.1, 0.15) is 60.8 Å². The van der Waals surface area contributed by atoms with E-state index in [0.717, 1.165) is 31.2 Å². The molecule has 2 aromatic rings. The van der Waals surface area contributed by atoms with E-state index in [-0.39, 0.29) is 17.1 Å². The third kappa shape index (κ3) is 5.91. The first-order chi connectivity index (χ1) is 13.1. The molecule has 0 fully saturated rings. The van der Waals surface area contributed by atoms with Gasteiger partial charge in [0.1, 0.15) is 6.29 Å². The van der Waals surface area contributed by atoms with Gasteiger partial charge in [-0.2, -0.15) is 0 Å². The summed E-state index contributed by atoms with van der Waals surface area (Å²) in [4.78, 5) is 23.2. The van der Waals surface area contributed by atoms with Crippen molar-refractivity contribution < 1.29 is 23.5 Å². The van der Waals surface area contributed by atoms with E-state index in [1.54, 1.807) is 25.1 Å². The van der Waals surface area contributed by atoms with Crippen molar-refractivity contribution in [1.82, 2.24) is 0 Å². The molecule has 2 aromatic carbocycles. The second kappa shape index (κ2) is 10.5. The average molecular weight is 372 g/mol. The van der Waals surface area contributed by atoms with E-state index in [2.05, 4.69) is 6.92 Å². The number of carbonyl (C=O) groups is 2. The van der Waals surface area contributed by atoms with Gasteiger partial charge in [0, 0.05) is 5.56 Å². The molecule has 0 aliphatic rings. The summed E-state index contributed by atoms with van der Waals surface area (Å²) in [5.74, 6) is -0.724. The van der Waals surface area contributed by atoms with E-state index in [1.807, 2.05) is 12.1 Å². The van der Waals surface area contributed by atoms with Crippen molar-refractivity contribution >= 4 is 12.3 Å². The highest BCUT2D eigenvalue weighted by atomic mass is 19.1. The Balaban J connectivity index is 2.08. The quantitative estimate of drug-likeness (QED) is 0.247. The lowest BCUT2D eigenvalue weighted by molar-refractivity contribution is -0.140. The van der Waals surface area contributed by atoms with E-state index in [0.29, 0.717) is 18.5 Å². The van der Waals surface area contributed by atoms with Crippen LogP contribution in [0.25, 0.3) is 0 Å². The number of benzene rings is 2. The number of alkyl halides is 1. The van der Waals surface area contributed by atoms with Crippen molar-refractivity contribution in [3.63, 3.8) is 0 Å². The molecule has 0 radical (unpaired) electrons. The van der Waals surface area contributed by atoms with Crippen molar-refractivity contribution in [2.75, 3.05) is 6.61 Å². The van der Waals surface area contributed by atoms with Crippen LogP contribution in [-0.4, -0.2) is 18.9 Å². The Morgan fingerprint density at radius 1 is 1.07 bits per heavy atom. The molecule has 4 nitrogen and oxygen atoms in total. The van der Waals surface area contributed by atoms with Gasteiger partial charge in [0.05, 0.1) is 6.61 Å². The lowest BCUT2D eigenvalue weighted by atomic mass is 10.0. The Bertz CT molecular complexity index is 755. The molecule has 1 unspecified atom stereocenters. The molecule has 0 heterocycles. The number of esters is 1. The van der Waals surface area contributed by atoms with Gasteiger partial charge < -0.3 is 9.47 Å². The van der Waals surface area contributed by atoms with Gasteiger partial charge in [0.2, 0.25) is 6.17 Å². The summed E-state index contributed by atoms with van der Waals surface area (Å²) >= 11 is 0. The van der Waals surface area contributed by atoms with Crippen molar-refractivity contribution in [1.29, 1.82) is 0 Å². The molecule has 0 aromatic heterocycles. The summed E-state index contributed by atoms with van der Waals surface area (Å²) in [6.07, 6.45) is 3.03. The number of hydrogen-bond donors (Lipinski definition) is 0. The zero-order valence-electron chi connectivity index (χ0n) is 15.7. The molecule has 2 rings (SSSR count). The first kappa shape index (κ1) is 20.6. The first-order valence-corrected chi connectivity index (χ1v) is 9.25. The molecular formula is C22H25FO4. The van der Waals surface area contributed by atoms with Crippen LogP contribution in [0.5, 0.6) is 11.5 Å². The fourth-order valence-electron chi connectivity index (χ4n) is 2.68. The molecule has 0 spiro atoms. The average Bonchev–Trinajstić information content (AvgIpc) is 2.69. The zero-order valence-corrected chi connectivity index (χ0v) is 15.7. The number of rotatable bonds is 10. The van der Waals surface area contributed by atoms with Crippen LogP contribution in [-0.2, 0) is 11.2 Å². The van der Waals surface area contributed by atoms with Gasteiger partial charge in [-0.05, 0) is 49.1 Å². The van der Waals surface area contributed by atoms with Crippen LogP contribution in [0.15, 0.2) is 42.5 Å². The third-order valence-electron chi connectivity index (χ3n) is 4.16. The molecule has 0 aliphatic carbocycles. The van der Waals surface area contributed by atoms with Crippen LogP contribution in [0.3, 0.4) is 0 Å². The topological polar surface area (TPSA) is 52.6 Å². The Hall–Kier alpha value is -2.69. The zero-order chi connectivity index (χ0) is 19.6. The van der Waals surface area contributed by atoms with E-state index in [4.69, 9.17) is 9.47 Å². The lowest BCUT2D eigenvalue weighted by Crippen LogP contribution is -2.16. The number of hydrogen-bond acceptors (Lipinski definition) is 4. The highest BCUT2D eigenvalue weighted by molar-refractivity contribution is 5.81. The van der Waals surface area contributed by atoms with Gasteiger partial charge in [-0.15, -0.1) is 0 Å². The Morgan fingerprint density at radius 2 is 1.81 bits per heavy atom. The molecule has 0 saturated carbocycles. The van der Waals surface area contributed by atoms with E-state index in [1.165, 1.54) is 12.1 Å². The van der Waals surface area contributed by atoms with Crippen LogP contribution in [0.2, 0.25) is 0 Å². The predicted molar refractivity (Wildman–Crippen MR) is 102 cm³/mol. The molecule has 0 amide bonds. The van der Waals surface area contributed by atoms with Gasteiger partial charge in [-0.1, -0.05) is 44.0 Å². The second-order valence-electron chi connectivity index (χ2n) is 6.24. The van der Waals surface area contributed by atoms with Gasteiger partial charge in [0.15, 0.2) is 11.5 Å². The van der Waals surface area contributed by atoms with Gasteiger partial charge >= 0.3 is 5.97 Å². The molecule has 144 valence electrons. The standard InChI is InChI=1S/C22H25FO4/c1-3-5-6-7-16-8-11-18(12-9-16)21(23)22(25)27-20-14-17(15-24)10-13-19(20)26-4-2/h8-15,21H,3-7H2,1-2H3. The monoisotopic (exact) mass is 372 g/mol. The van der Waals surface area contributed by atoms with Crippen molar-refractivity contribution in [3.8, 4) is 11.5 Å². The molecule has 0 saturated heterocycles. The summed E-state index contributed by atoms with van der Waals surface area (Å²) in [5, 5.41) is 0. The number of unbranched alkanes of at least 4 members (excludes halogenated alkanes) is 2. The summed E-state index contributed by atoms with van der Waals surface area (Å²) in [7, 11) is 0. The highest BCUT2D eigenvalue weighted by Gasteiger charge is 2.23. The molecule has 27 heavy (non-hydrogen) atoms. The van der Waals surface area contributed by atoms with Crippen LogP contribution >= 0.6 is 0 Å². The Labute approximate surface area is 159 Å².